The number of ether oxygens (including phenoxy) is 1. The maximum absolute atomic E-state index is 12.7. The number of nitrogens with one attached hydrogen (secondary N) is 1. The van der Waals surface area contributed by atoms with Crippen LogP contribution in [-0.2, 0) is 4.74 Å². The van der Waals surface area contributed by atoms with Crippen LogP contribution in [0.15, 0.2) is 59.5 Å². The van der Waals surface area contributed by atoms with Crippen LogP contribution in [0.5, 0.6) is 0 Å². The molecule has 1 N–H and O–H groups in total. The van der Waals surface area contributed by atoms with Gasteiger partial charge >= 0.3 is 5.97 Å². The Hall–Kier alpha value is -3.34. The Labute approximate surface area is 149 Å². The number of carbonyl (C=O) groups is 1. The van der Waals surface area contributed by atoms with Gasteiger partial charge in [0.25, 0.3) is 5.56 Å². The summed E-state index contributed by atoms with van der Waals surface area (Å²) in [6, 6.07) is 15.3. The number of hydrogen-bond acceptors (Lipinski definition) is 3. The molecule has 0 amide bonds. The summed E-state index contributed by atoms with van der Waals surface area (Å²) < 4.78 is 7.11. The molecule has 0 aliphatic carbocycles. The SMILES string of the molecule is CCOC(=O)c1c(-c2ccccc2)cn2c1[nH]c(=O)c1cc(C)ccc12. The predicted molar refractivity (Wildman–Crippen MR) is 102 cm³/mol. The normalized spacial score (nSPS) is 11.2. The average Bonchev–Trinajstić information content (AvgIpc) is 3.02. The van der Waals surface area contributed by atoms with E-state index in [0.29, 0.717) is 16.6 Å². The molecule has 4 aromatic rings. The number of carbonyl (C=O) groups excluding carboxylic acids is 1. The lowest BCUT2D eigenvalue weighted by Crippen LogP contribution is -2.12. The van der Waals surface area contributed by atoms with Crippen molar-refractivity contribution in [3.05, 3.63) is 76.2 Å². The fraction of sp³-hybridized carbons (Fsp3) is 0.143. The minimum Gasteiger partial charge on any atom is -0.462 e. The summed E-state index contributed by atoms with van der Waals surface area (Å²) in [4.78, 5) is 28.1. The van der Waals surface area contributed by atoms with Gasteiger partial charge in [0.2, 0.25) is 0 Å². The molecule has 26 heavy (non-hydrogen) atoms. The van der Waals surface area contributed by atoms with Crippen LogP contribution in [0.4, 0.5) is 0 Å². The number of esters is 1. The van der Waals surface area contributed by atoms with E-state index in [1.807, 2.05) is 66.1 Å². The van der Waals surface area contributed by atoms with E-state index in [9.17, 15) is 9.59 Å². The molecule has 0 bridgehead atoms. The van der Waals surface area contributed by atoms with Crippen LogP contribution in [0.25, 0.3) is 27.7 Å². The number of H-pyrrole nitrogens is 1. The van der Waals surface area contributed by atoms with Gasteiger partial charge in [-0.2, -0.15) is 0 Å². The maximum atomic E-state index is 12.7. The van der Waals surface area contributed by atoms with Crippen LogP contribution >= 0.6 is 0 Å². The zero-order valence-electron chi connectivity index (χ0n) is 14.6. The van der Waals surface area contributed by atoms with Crippen molar-refractivity contribution in [3.8, 4) is 11.1 Å². The van der Waals surface area contributed by atoms with E-state index in [0.717, 1.165) is 22.2 Å². The molecule has 0 spiro atoms. The highest BCUT2D eigenvalue weighted by Crippen LogP contribution is 2.30. The van der Waals surface area contributed by atoms with Crippen LogP contribution in [0.1, 0.15) is 22.8 Å². The third-order valence-corrected chi connectivity index (χ3v) is 4.46. The van der Waals surface area contributed by atoms with Gasteiger partial charge in [-0.05, 0) is 31.5 Å². The average molecular weight is 346 g/mol. The lowest BCUT2D eigenvalue weighted by molar-refractivity contribution is 0.0529. The highest BCUT2D eigenvalue weighted by Gasteiger charge is 2.22. The molecule has 5 heteroatoms. The second-order valence-corrected chi connectivity index (χ2v) is 6.20. The fourth-order valence-electron chi connectivity index (χ4n) is 3.28. The molecule has 0 atom stereocenters. The number of nitrogens with zero attached hydrogens (tertiary/aromatic N) is 1. The molecule has 4 rings (SSSR count). The lowest BCUT2D eigenvalue weighted by atomic mass is 10.0. The van der Waals surface area contributed by atoms with Crippen LogP contribution in [0.3, 0.4) is 0 Å². The van der Waals surface area contributed by atoms with E-state index in [4.69, 9.17) is 4.74 Å². The third kappa shape index (κ3) is 2.49. The van der Waals surface area contributed by atoms with Gasteiger partial charge in [-0.3, -0.25) is 4.79 Å². The Bertz CT molecular complexity index is 1190. The smallest absolute Gasteiger partial charge is 0.342 e. The van der Waals surface area contributed by atoms with Crippen LogP contribution in [-0.4, -0.2) is 22.0 Å². The first-order chi connectivity index (χ1) is 12.6. The minimum absolute atomic E-state index is 0.223. The zero-order valence-corrected chi connectivity index (χ0v) is 14.6. The summed E-state index contributed by atoms with van der Waals surface area (Å²) in [6.45, 7) is 3.97. The van der Waals surface area contributed by atoms with E-state index in [1.54, 1.807) is 6.92 Å². The molecule has 2 aromatic carbocycles. The van der Waals surface area contributed by atoms with Gasteiger partial charge in [0, 0.05) is 11.8 Å². The zero-order chi connectivity index (χ0) is 18.3. The van der Waals surface area contributed by atoms with E-state index in [-0.39, 0.29) is 12.2 Å². The second kappa shape index (κ2) is 6.19. The highest BCUT2D eigenvalue weighted by atomic mass is 16.5. The number of rotatable bonds is 3. The number of benzene rings is 2. The van der Waals surface area contributed by atoms with Crippen molar-refractivity contribution < 1.29 is 9.53 Å². The summed E-state index contributed by atoms with van der Waals surface area (Å²) in [5.74, 6) is -0.448. The molecule has 5 nitrogen and oxygen atoms in total. The van der Waals surface area contributed by atoms with Gasteiger partial charge in [0.1, 0.15) is 11.2 Å². The molecule has 0 saturated carbocycles. The number of aromatic amines is 1. The summed E-state index contributed by atoms with van der Waals surface area (Å²) in [7, 11) is 0. The topological polar surface area (TPSA) is 63.6 Å². The van der Waals surface area contributed by atoms with Crippen molar-refractivity contribution in [2.45, 2.75) is 13.8 Å². The Balaban J connectivity index is 2.14. The summed E-state index contributed by atoms with van der Waals surface area (Å²) >= 11 is 0. The first-order valence-electron chi connectivity index (χ1n) is 8.50. The number of hydrogen-bond donors (Lipinski definition) is 1. The Morgan fingerprint density at radius 1 is 1.15 bits per heavy atom. The van der Waals surface area contributed by atoms with Crippen molar-refractivity contribution >= 4 is 22.5 Å². The predicted octanol–water partition coefficient (Wildman–Crippen LogP) is 3.93. The molecular weight excluding hydrogens is 328 g/mol. The van der Waals surface area contributed by atoms with E-state index in [1.165, 1.54) is 0 Å². The molecule has 0 unspecified atom stereocenters. The van der Waals surface area contributed by atoms with Gasteiger partial charge in [-0.15, -0.1) is 0 Å². The van der Waals surface area contributed by atoms with E-state index >= 15 is 0 Å². The monoisotopic (exact) mass is 346 g/mol. The van der Waals surface area contributed by atoms with E-state index < -0.39 is 5.97 Å². The van der Waals surface area contributed by atoms with Crippen LogP contribution < -0.4 is 5.56 Å². The number of fused-ring (bicyclic) bond motifs is 3. The summed E-state index contributed by atoms with van der Waals surface area (Å²) in [5, 5.41) is 0.586. The van der Waals surface area contributed by atoms with Gasteiger partial charge in [0.05, 0.1) is 17.5 Å². The van der Waals surface area contributed by atoms with Gasteiger partial charge in [-0.25, -0.2) is 4.79 Å². The number of aromatic nitrogens is 2. The molecule has 130 valence electrons. The fourth-order valence-corrected chi connectivity index (χ4v) is 3.28. The second-order valence-electron chi connectivity index (χ2n) is 6.20. The quantitative estimate of drug-likeness (QED) is 0.572. The minimum atomic E-state index is -0.448. The van der Waals surface area contributed by atoms with Crippen molar-refractivity contribution in [3.63, 3.8) is 0 Å². The van der Waals surface area contributed by atoms with Crippen molar-refractivity contribution in [2.24, 2.45) is 0 Å². The van der Waals surface area contributed by atoms with Crippen LogP contribution in [0.2, 0.25) is 0 Å². The Morgan fingerprint density at radius 2 is 1.92 bits per heavy atom. The third-order valence-electron chi connectivity index (χ3n) is 4.46. The molecule has 0 fully saturated rings. The Morgan fingerprint density at radius 3 is 2.65 bits per heavy atom. The van der Waals surface area contributed by atoms with Gasteiger partial charge in [-0.1, -0.05) is 42.0 Å². The van der Waals surface area contributed by atoms with Crippen LogP contribution in [0, 0.1) is 6.92 Å². The first-order valence-corrected chi connectivity index (χ1v) is 8.50. The van der Waals surface area contributed by atoms with Crippen molar-refractivity contribution in [2.75, 3.05) is 6.61 Å². The molecular formula is C21H18N2O3. The summed E-state index contributed by atoms with van der Waals surface area (Å²) in [6.07, 6.45) is 1.88. The van der Waals surface area contributed by atoms with Gasteiger partial charge in [0.15, 0.2) is 0 Å². The molecule has 0 aliphatic heterocycles. The largest absolute Gasteiger partial charge is 0.462 e. The maximum Gasteiger partial charge on any atom is 0.342 e. The molecule has 0 radical (unpaired) electrons. The standard InChI is InChI=1S/C21H18N2O3/c1-3-26-21(25)18-16(14-7-5-4-6-8-14)12-23-17-10-9-13(2)11-15(17)20(24)22-19(18)23/h4-12H,3H2,1-2H3,(H,22,24). The number of aryl methyl sites for hydroxylation is 1. The molecule has 0 saturated heterocycles. The Kier molecular flexibility index (Phi) is 3.84. The van der Waals surface area contributed by atoms with E-state index in [2.05, 4.69) is 4.98 Å². The summed E-state index contributed by atoms with van der Waals surface area (Å²) in [5.41, 5.74) is 3.97. The van der Waals surface area contributed by atoms with Crippen molar-refractivity contribution in [1.82, 2.24) is 9.38 Å². The molecule has 0 aliphatic rings. The lowest BCUT2D eigenvalue weighted by Gasteiger charge is -2.06. The highest BCUT2D eigenvalue weighted by molar-refractivity contribution is 6.05. The molecule has 2 aromatic heterocycles. The van der Waals surface area contributed by atoms with Crippen molar-refractivity contribution in [1.29, 1.82) is 0 Å². The first kappa shape index (κ1) is 16.1. The van der Waals surface area contributed by atoms with Gasteiger partial charge < -0.3 is 14.1 Å². The molecule has 2 heterocycles.